The monoisotopic (exact) mass is 224 g/mol. The molecule has 0 radical (unpaired) electrons. The molecule has 3 N–H and O–H groups in total. The van der Waals surface area contributed by atoms with Crippen molar-refractivity contribution in [3.05, 3.63) is 11.8 Å². The molecule has 2 rings (SSSR count). The van der Waals surface area contributed by atoms with Gasteiger partial charge in [-0.05, 0) is 18.8 Å². The van der Waals surface area contributed by atoms with Gasteiger partial charge in [-0.2, -0.15) is 5.10 Å². The Morgan fingerprint density at radius 3 is 2.62 bits per heavy atom. The van der Waals surface area contributed by atoms with Gasteiger partial charge < -0.3 is 15.7 Å². The first-order valence-electron chi connectivity index (χ1n) is 5.35. The number of aryl methyl sites for hydroxylation is 1. The van der Waals surface area contributed by atoms with E-state index in [0.29, 0.717) is 24.8 Å². The van der Waals surface area contributed by atoms with Gasteiger partial charge in [0.05, 0.1) is 0 Å². The fourth-order valence-electron chi connectivity index (χ4n) is 2.22. The van der Waals surface area contributed by atoms with E-state index in [1.165, 1.54) is 4.90 Å². The Morgan fingerprint density at radius 2 is 2.19 bits per heavy atom. The van der Waals surface area contributed by atoms with E-state index in [-0.39, 0.29) is 0 Å². The van der Waals surface area contributed by atoms with Crippen LogP contribution in [-0.2, 0) is 7.05 Å². The zero-order chi connectivity index (χ0) is 11.7. The summed E-state index contributed by atoms with van der Waals surface area (Å²) >= 11 is 0. The highest BCUT2D eigenvalue weighted by Gasteiger charge is 2.25. The number of nitrogens with two attached hydrogens (primary N) is 1. The molecule has 1 saturated heterocycles. The van der Waals surface area contributed by atoms with Crippen molar-refractivity contribution in [2.45, 2.75) is 18.8 Å². The van der Waals surface area contributed by atoms with Gasteiger partial charge in [-0.3, -0.25) is 4.68 Å². The molecule has 2 heterocycles. The lowest BCUT2D eigenvalue weighted by atomic mass is 9.91. The third-order valence-electron chi connectivity index (χ3n) is 3.09. The lowest BCUT2D eigenvalue weighted by Gasteiger charge is -2.29. The summed E-state index contributed by atoms with van der Waals surface area (Å²) in [5.41, 5.74) is 6.85. The molecule has 16 heavy (non-hydrogen) atoms. The van der Waals surface area contributed by atoms with Gasteiger partial charge in [-0.25, -0.2) is 4.79 Å². The van der Waals surface area contributed by atoms with Crippen LogP contribution in [0.2, 0.25) is 0 Å². The number of amides is 1. The van der Waals surface area contributed by atoms with E-state index in [1.54, 1.807) is 4.68 Å². The van der Waals surface area contributed by atoms with Gasteiger partial charge in [-0.15, -0.1) is 0 Å². The van der Waals surface area contributed by atoms with Crippen molar-refractivity contribution in [2.75, 3.05) is 18.8 Å². The normalized spacial score (nSPS) is 17.7. The molecule has 0 aromatic carbocycles. The second-order valence-corrected chi connectivity index (χ2v) is 4.19. The summed E-state index contributed by atoms with van der Waals surface area (Å²) in [6.45, 7) is 1.16. The molecule has 6 nitrogen and oxygen atoms in total. The Labute approximate surface area is 93.6 Å². The van der Waals surface area contributed by atoms with Crippen LogP contribution in [0.25, 0.3) is 0 Å². The molecule has 88 valence electrons. The molecule has 0 aliphatic carbocycles. The first kappa shape index (κ1) is 10.8. The average molecular weight is 224 g/mol. The maximum atomic E-state index is 10.8. The second kappa shape index (κ2) is 4.03. The quantitative estimate of drug-likeness (QED) is 0.741. The minimum absolute atomic E-state index is 0.337. The summed E-state index contributed by atoms with van der Waals surface area (Å²) in [5, 5.41) is 12.9. The standard InChI is InChI=1S/C10H16N4O2/c1-13-6-8(9(11)12-13)7-2-4-14(5-3-7)10(15)16/h6-7H,2-5H2,1H3,(H2,11,12)(H,15,16). The molecule has 6 heteroatoms. The molecule has 0 spiro atoms. The van der Waals surface area contributed by atoms with E-state index in [1.807, 2.05) is 13.2 Å². The van der Waals surface area contributed by atoms with Gasteiger partial charge in [0.2, 0.25) is 0 Å². The summed E-state index contributed by atoms with van der Waals surface area (Å²) in [5.74, 6) is 0.903. The van der Waals surface area contributed by atoms with Crippen LogP contribution in [0.1, 0.15) is 24.3 Å². The largest absolute Gasteiger partial charge is 0.465 e. The number of piperidine rings is 1. The number of anilines is 1. The van der Waals surface area contributed by atoms with Crippen LogP contribution in [0, 0.1) is 0 Å². The molecule has 0 unspecified atom stereocenters. The van der Waals surface area contributed by atoms with Crippen molar-refractivity contribution < 1.29 is 9.90 Å². The van der Waals surface area contributed by atoms with Crippen LogP contribution in [0.5, 0.6) is 0 Å². The first-order chi connectivity index (χ1) is 7.58. The number of nitrogen functional groups attached to an aromatic ring is 1. The fourth-order valence-corrected chi connectivity index (χ4v) is 2.22. The lowest BCUT2D eigenvalue weighted by Crippen LogP contribution is -2.36. The van der Waals surface area contributed by atoms with Crippen molar-refractivity contribution in [3.63, 3.8) is 0 Å². The minimum Gasteiger partial charge on any atom is -0.465 e. The third kappa shape index (κ3) is 1.95. The Hall–Kier alpha value is -1.72. The number of carboxylic acid groups (broad SMARTS) is 1. The van der Waals surface area contributed by atoms with Crippen molar-refractivity contribution >= 4 is 11.9 Å². The maximum Gasteiger partial charge on any atom is 0.407 e. The number of carbonyl (C=O) groups is 1. The molecular weight excluding hydrogens is 208 g/mol. The zero-order valence-electron chi connectivity index (χ0n) is 9.26. The number of rotatable bonds is 1. The lowest BCUT2D eigenvalue weighted by molar-refractivity contribution is 0.132. The Morgan fingerprint density at radius 1 is 1.56 bits per heavy atom. The van der Waals surface area contributed by atoms with Gasteiger partial charge in [0, 0.05) is 31.9 Å². The van der Waals surface area contributed by atoms with Crippen molar-refractivity contribution in [2.24, 2.45) is 7.05 Å². The Balaban J connectivity index is 2.04. The molecule has 1 aromatic rings. The predicted octanol–water partition coefficient (Wildman–Crippen LogP) is 0.860. The summed E-state index contributed by atoms with van der Waals surface area (Å²) < 4.78 is 1.70. The number of nitrogens with zero attached hydrogens (tertiary/aromatic N) is 3. The molecule has 0 bridgehead atoms. The second-order valence-electron chi connectivity index (χ2n) is 4.19. The van der Waals surface area contributed by atoms with Crippen LogP contribution in [0.15, 0.2) is 6.20 Å². The highest BCUT2D eigenvalue weighted by molar-refractivity contribution is 5.65. The Bertz CT molecular complexity index is 394. The molecule has 0 atom stereocenters. The molecule has 1 fully saturated rings. The number of aromatic nitrogens is 2. The van der Waals surface area contributed by atoms with E-state index >= 15 is 0 Å². The van der Waals surface area contributed by atoms with Crippen LogP contribution < -0.4 is 5.73 Å². The first-order valence-corrected chi connectivity index (χ1v) is 5.35. The smallest absolute Gasteiger partial charge is 0.407 e. The highest BCUT2D eigenvalue weighted by atomic mass is 16.4. The SMILES string of the molecule is Cn1cc(C2CCN(C(=O)O)CC2)c(N)n1. The van der Waals surface area contributed by atoms with Crippen LogP contribution in [0.4, 0.5) is 10.6 Å². The van der Waals surface area contributed by atoms with Gasteiger partial charge in [0.25, 0.3) is 0 Å². The third-order valence-corrected chi connectivity index (χ3v) is 3.09. The van der Waals surface area contributed by atoms with Crippen molar-refractivity contribution in [1.29, 1.82) is 0 Å². The van der Waals surface area contributed by atoms with Crippen LogP contribution in [-0.4, -0.2) is 39.0 Å². The van der Waals surface area contributed by atoms with Crippen LogP contribution in [0.3, 0.4) is 0 Å². The molecule has 0 saturated carbocycles. The number of likely N-dealkylation sites (tertiary alicyclic amines) is 1. The van der Waals surface area contributed by atoms with E-state index in [9.17, 15) is 4.79 Å². The zero-order valence-corrected chi connectivity index (χ0v) is 9.26. The summed E-state index contributed by atoms with van der Waals surface area (Å²) in [6.07, 6.45) is 2.73. The van der Waals surface area contributed by atoms with Crippen molar-refractivity contribution in [3.8, 4) is 0 Å². The van der Waals surface area contributed by atoms with Crippen molar-refractivity contribution in [1.82, 2.24) is 14.7 Å². The van der Waals surface area contributed by atoms with E-state index in [2.05, 4.69) is 5.10 Å². The fraction of sp³-hybridized carbons (Fsp3) is 0.600. The van der Waals surface area contributed by atoms with E-state index in [4.69, 9.17) is 10.8 Å². The van der Waals surface area contributed by atoms with Gasteiger partial charge >= 0.3 is 6.09 Å². The number of hydrogen-bond acceptors (Lipinski definition) is 3. The molecule has 1 aliphatic heterocycles. The van der Waals surface area contributed by atoms with Gasteiger partial charge in [0.15, 0.2) is 0 Å². The van der Waals surface area contributed by atoms with E-state index in [0.717, 1.165) is 18.4 Å². The summed E-state index contributed by atoms with van der Waals surface area (Å²) in [6, 6.07) is 0. The Kier molecular flexibility index (Phi) is 2.72. The molecular formula is C10H16N4O2. The van der Waals surface area contributed by atoms with Gasteiger partial charge in [-0.1, -0.05) is 0 Å². The van der Waals surface area contributed by atoms with Crippen LogP contribution >= 0.6 is 0 Å². The topological polar surface area (TPSA) is 84.4 Å². The summed E-state index contributed by atoms with van der Waals surface area (Å²) in [4.78, 5) is 12.2. The predicted molar refractivity (Wildman–Crippen MR) is 59.2 cm³/mol. The molecule has 1 aliphatic rings. The number of hydrogen-bond donors (Lipinski definition) is 2. The highest BCUT2D eigenvalue weighted by Crippen LogP contribution is 2.30. The van der Waals surface area contributed by atoms with E-state index < -0.39 is 6.09 Å². The minimum atomic E-state index is -0.836. The molecule has 1 amide bonds. The van der Waals surface area contributed by atoms with Gasteiger partial charge in [0.1, 0.15) is 5.82 Å². The molecule has 1 aromatic heterocycles. The maximum absolute atomic E-state index is 10.8. The average Bonchev–Trinajstić information content (AvgIpc) is 2.58. The summed E-state index contributed by atoms with van der Waals surface area (Å²) in [7, 11) is 1.84.